The highest BCUT2D eigenvalue weighted by Gasteiger charge is 2.31. The van der Waals surface area contributed by atoms with E-state index in [9.17, 15) is 13.2 Å². The number of alkyl halides is 3. The van der Waals surface area contributed by atoms with Crippen LogP contribution in [0.4, 0.5) is 13.2 Å². The quantitative estimate of drug-likeness (QED) is 0.758. The van der Waals surface area contributed by atoms with Gasteiger partial charge in [-0.3, -0.25) is 0 Å². The van der Waals surface area contributed by atoms with E-state index in [1.807, 2.05) is 23.9 Å². The van der Waals surface area contributed by atoms with Gasteiger partial charge in [0.15, 0.2) is 0 Å². The molecule has 0 unspecified atom stereocenters. The number of halogens is 3. The maximum Gasteiger partial charge on any atom is 0.416 e. The fourth-order valence-corrected chi connectivity index (χ4v) is 2.50. The van der Waals surface area contributed by atoms with E-state index in [0.717, 1.165) is 18.8 Å². The third-order valence-corrected chi connectivity index (χ3v) is 3.54. The van der Waals surface area contributed by atoms with Crippen molar-refractivity contribution in [3.8, 4) is 0 Å². The average Bonchev–Trinajstić information content (AvgIpc) is 2.70. The van der Waals surface area contributed by atoms with Crippen LogP contribution in [0.15, 0.2) is 30.6 Å². The van der Waals surface area contributed by atoms with Crippen LogP contribution in [-0.2, 0) is 19.3 Å². The Morgan fingerprint density at radius 1 is 1.14 bits per heavy atom. The van der Waals surface area contributed by atoms with Crippen LogP contribution in [0.2, 0.25) is 0 Å². The molecule has 21 heavy (non-hydrogen) atoms. The molecule has 0 fully saturated rings. The molecule has 0 aliphatic carbocycles. The molecule has 5 heteroatoms. The minimum Gasteiger partial charge on any atom is -0.234 e. The third kappa shape index (κ3) is 3.65. The van der Waals surface area contributed by atoms with Gasteiger partial charge in [-0.05, 0) is 31.0 Å². The molecule has 0 radical (unpaired) electrons. The molecule has 0 saturated heterocycles. The Bertz CT molecular complexity index is 627. The zero-order valence-electron chi connectivity index (χ0n) is 12.5. The Morgan fingerprint density at radius 3 is 2.48 bits per heavy atom. The van der Waals surface area contributed by atoms with Gasteiger partial charge in [0.1, 0.15) is 18.9 Å². The molecule has 1 aromatic carbocycles. The van der Waals surface area contributed by atoms with Gasteiger partial charge in [-0.2, -0.15) is 13.2 Å². The molecule has 2 aromatic rings. The molecule has 2 nitrogen and oxygen atoms in total. The Hall–Kier alpha value is -1.78. The van der Waals surface area contributed by atoms with Crippen LogP contribution in [0.1, 0.15) is 35.9 Å². The van der Waals surface area contributed by atoms with Crippen LogP contribution in [0.25, 0.3) is 0 Å². The third-order valence-electron chi connectivity index (χ3n) is 3.54. The highest BCUT2D eigenvalue weighted by atomic mass is 19.4. The van der Waals surface area contributed by atoms with E-state index < -0.39 is 11.7 Å². The standard InChI is InChI=1S/C16H20F3N2/c1-4-5-20-6-7-21(13(20)3)11-14-8-12(2)9-15(10-14)16(17,18)19/h6-10H,4-5,11H2,1-3H3/q+1. The fourth-order valence-electron chi connectivity index (χ4n) is 2.50. The fraction of sp³-hybridized carbons (Fsp3) is 0.438. The predicted octanol–water partition coefficient (Wildman–Crippen LogP) is 3.87. The first kappa shape index (κ1) is 15.6. The zero-order valence-corrected chi connectivity index (χ0v) is 12.5. The summed E-state index contributed by atoms with van der Waals surface area (Å²) >= 11 is 0. The molecular formula is C16H20F3N2+. The lowest BCUT2D eigenvalue weighted by molar-refractivity contribution is -0.694. The van der Waals surface area contributed by atoms with Crippen molar-refractivity contribution in [3.63, 3.8) is 0 Å². The number of nitrogens with zero attached hydrogens (tertiary/aromatic N) is 2. The Balaban J connectivity index is 2.29. The number of hydrogen-bond acceptors (Lipinski definition) is 0. The number of rotatable bonds is 4. The first-order valence-electron chi connectivity index (χ1n) is 7.04. The molecule has 0 aliphatic heterocycles. The molecule has 0 atom stereocenters. The van der Waals surface area contributed by atoms with Crippen LogP contribution in [0, 0.1) is 13.8 Å². The summed E-state index contributed by atoms with van der Waals surface area (Å²) in [5.74, 6) is 1.05. The molecule has 1 heterocycles. The minimum absolute atomic E-state index is 0.452. The molecule has 1 aromatic heterocycles. The van der Waals surface area contributed by atoms with Crippen LogP contribution >= 0.6 is 0 Å². The van der Waals surface area contributed by atoms with Crippen molar-refractivity contribution in [1.82, 2.24) is 4.57 Å². The van der Waals surface area contributed by atoms with Crippen molar-refractivity contribution in [3.05, 3.63) is 53.1 Å². The highest BCUT2D eigenvalue weighted by molar-refractivity contribution is 5.30. The van der Waals surface area contributed by atoms with Gasteiger partial charge >= 0.3 is 6.18 Å². The number of benzene rings is 1. The van der Waals surface area contributed by atoms with E-state index in [-0.39, 0.29) is 0 Å². The number of aromatic nitrogens is 2. The summed E-state index contributed by atoms with van der Waals surface area (Å²) in [5, 5.41) is 0. The van der Waals surface area contributed by atoms with Crippen molar-refractivity contribution in [1.29, 1.82) is 0 Å². The molecule has 0 amide bonds. The zero-order chi connectivity index (χ0) is 15.6. The topological polar surface area (TPSA) is 8.81 Å². The second kappa shape index (κ2) is 5.92. The summed E-state index contributed by atoms with van der Waals surface area (Å²) in [6.45, 7) is 7.14. The summed E-state index contributed by atoms with van der Waals surface area (Å²) < 4.78 is 42.7. The Labute approximate surface area is 122 Å². The van der Waals surface area contributed by atoms with Crippen molar-refractivity contribution >= 4 is 0 Å². The molecule has 0 bridgehead atoms. The van der Waals surface area contributed by atoms with Gasteiger partial charge in [0, 0.05) is 6.92 Å². The van der Waals surface area contributed by atoms with Crippen LogP contribution in [-0.4, -0.2) is 4.57 Å². The summed E-state index contributed by atoms with van der Waals surface area (Å²) in [5.41, 5.74) is 0.722. The lowest BCUT2D eigenvalue weighted by atomic mass is 10.1. The maximum absolute atomic E-state index is 12.9. The lowest BCUT2D eigenvalue weighted by Crippen LogP contribution is -2.36. The number of imidazole rings is 1. The first-order chi connectivity index (χ1) is 9.81. The van der Waals surface area contributed by atoms with Crippen molar-refractivity contribution in [2.24, 2.45) is 0 Å². The molecule has 0 aliphatic rings. The van der Waals surface area contributed by atoms with Crippen molar-refractivity contribution in [2.75, 3.05) is 0 Å². The van der Waals surface area contributed by atoms with Gasteiger partial charge in [0.2, 0.25) is 0 Å². The number of hydrogen-bond donors (Lipinski definition) is 0. The van der Waals surface area contributed by atoms with E-state index in [0.29, 0.717) is 17.7 Å². The second-order valence-corrected chi connectivity index (χ2v) is 5.37. The normalized spacial score (nSPS) is 11.9. The average molecular weight is 297 g/mol. The molecule has 0 spiro atoms. The smallest absolute Gasteiger partial charge is 0.234 e. The van der Waals surface area contributed by atoms with Crippen molar-refractivity contribution < 1.29 is 17.7 Å². The van der Waals surface area contributed by atoms with Crippen molar-refractivity contribution in [2.45, 2.75) is 46.5 Å². The van der Waals surface area contributed by atoms with E-state index in [1.54, 1.807) is 13.0 Å². The van der Waals surface area contributed by atoms with Gasteiger partial charge in [-0.15, -0.1) is 0 Å². The SMILES string of the molecule is CCCn1cc[n+](Cc2cc(C)cc(C(F)(F)F)c2)c1C. The molecule has 2 rings (SSSR count). The molecule has 0 N–H and O–H groups in total. The summed E-state index contributed by atoms with van der Waals surface area (Å²) in [6.07, 6.45) is 0.618. The molecular weight excluding hydrogens is 277 g/mol. The van der Waals surface area contributed by atoms with Gasteiger partial charge in [-0.25, -0.2) is 9.13 Å². The second-order valence-electron chi connectivity index (χ2n) is 5.37. The first-order valence-corrected chi connectivity index (χ1v) is 7.04. The summed E-state index contributed by atoms with van der Waals surface area (Å²) in [6, 6.07) is 4.22. The Kier molecular flexibility index (Phi) is 4.40. The largest absolute Gasteiger partial charge is 0.416 e. The monoisotopic (exact) mass is 297 g/mol. The van der Waals surface area contributed by atoms with Gasteiger partial charge in [-0.1, -0.05) is 18.6 Å². The van der Waals surface area contributed by atoms with E-state index in [1.165, 1.54) is 12.1 Å². The maximum atomic E-state index is 12.9. The molecule has 0 saturated carbocycles. The van der Waals surface area contributed by atoms with Gasteiger partial charge in [0.05, 0.1) is 12.1 Å². The van der Waals surface area contributed by atoms with E-state index in [2.05, 4.69) is 11.5 Å². The highest BCUT2D eigenvalue weighted by Crippen LogP contribution is 2.30. The minimum atomic E-state index is -4.30. The van der Waals surface area contributed by atoms with E-state index in [4.69, 9.17) is 0 Å². The number of aryl methyl sites for hydroxylation is 2. The van der Waals surface area contributed by atoms with Gasteiger partial charge in [0.25, 0.3) is 5.82 Å². The lowest BCUT2D eigenvalue weighted by Gasteiger charge is -2.10. The van der Waals surface area contributed by atoms with Crippen LogP contribution < -0.4 is 4.57 Å². The van der Waals surface area contributed by atoms with Gasteiger partial charge < -0.3 is 0 Å². The summed E-state index contributed by atoms with van der Waals surface area (Å²) in [4.78, 5) is 0. The predicted molar refractivity (Wildman–Crippen MR) is 74.9 cm³/mol. The Morgan fingerprint density at radius 2 is 1.86 bits per heavy atom. The van der Waals surface area contributed by atoms with Crippen LogP contribution in [0.3, 0.4) is 0 Å². The van der Waals surface area contributed by atoms with Crippen LogP contribution in [0.5, 0.6) is 0 Å². The summed E-state index contributed by atoms with van der Waals surface area (Å²) in [7, 11) is 0. The molecule has 114 valence electrons. The van der Waals surface area contributed by atoms with E-state index >= 15 is 0 Å².